The van der Waals surface area contributed by atoms with Crippen LogP contribution in [0.3, 0.4) is 0 Å². The number of pyridine rings is 1. The molecule has 6 heteroatoms. The van der Waals surface area contributed by atoms with E-state index in [1.165, 1.54) is 18.6 Å². The topological polar surface area (TPSA) is 38.7 Å². The van der Waals surface area contributed by atoms with E-state index < -0.39 is 5.82 Å². The van der Waals surface area contributed by atoms with Crippen LogP contribution in [0, 0.1) is 5.82 Å². The number of halogens is 2. The molecule has 0 atom stereocenters. The molecule has 0 N–H and O–H groups in total. The van der Waals surface area contributed by atoms with E-state index in [1.807, 2.05) is 0 Å². The van der Waals surface area contributed by atoms with E-state index in [0.29, 0.717) is 5.03 Å². The lowest BCUT2D eigenvalue weighted by Gasteiger charge is -2.00. The molecule has 0 saturated carbocycles. The molecule has 0 amide bonds. The standard InChI is InChI=1S/C9H5ClFN3S/c10-6-3-7(11)9(13-4-6)15-8-1-2-12-5-14-8/h1-5H. The van der Waals surface area contributed by atoms with Crippen LogP contribution in [-0.4, -0.2) is 15.0 Å². The van der Waals surface area contributed by atoms with Crippen molar-refractivity contribution in [3.05, 3.63) is 41.7 Å². The van der Waals surface area contributed by atoms with Crippen molar-refractivity contribution in [3.63, 3.8) is 0 Å². The molecule has 76 valence electrons. The summed E-state index contributed by atoms with van der Waals surface area (Å²) in [7, 11) is 0. The number of hydrogen-bond donors (Lipinski definition) is 0. The highest BCUT2D eigenvalue weighted by molar-refractivity contribution is 7.99. The van der Waals surface area contributed by atoms with Crippen LogP contribution in [0.5, 0.6) is 0 Å². The van der Waals surface area contributed by atoms with Gasteiger partial charge in [-0.2, -0.15) is 0 Å². The third-order valence-electron chi connectivity index (χ3n) is 1.53. The fourth-order valence-electron chi connectivity index (χ4n) is 0.915. The molecule has 3 nitrogen and oxygen atoms in total. The lowest BCUT2D eigenvalue weighted by Crippen LogP contribution is -1.87. The largest absolute Gasteiger partial charge is 0.245 e. The summed E-state index contributed by atoms with van der Waals surface area (Å²) < 4.78 is 13.3. The zero-order chi connectivity index (χ0) is 10.7. The summed E-state index contributed by atoms with van der Waals surface area (Å²) in [6, 6.07) is 2.90. The Morgan fingerprint density at radius 3 is 2.87 bits per heavy atom. The van der Waals surface area contributed by atoms with Crippen molar-refractivity contribution in [2.24, 2.45) is 0 Å². The summed E-state index contributed by atoms with van der Waals surface area (Å²) in [6.45, 7) is 0. The Morgan fingerprint density at radius 1 is 1.33 bits per heavy atom. The molecule has 0 radical (unpaired) electrons. The van der Waals surface area contributed by atoms with E-state index in [4.69, 9.17) is 11.6 Å². The summed E-state index contributed by atoms with van der Waals surface area (Å²) in [4.78, 5) is 11.6. The van der Waals surface area contributed by atoms with Crippen LogP contribution in [0.25, 0.3) is 0 Å². The highest BCUT2D eigenvalue weighted by Gasteiger charge is 2.07. The third kappa shape index (κ3) is 2.64. The molecular formula is C9H5ClFN3S. The summed E-state index contributed by atoms with van der Waals surface area (Å²) in [6.07, 6.45) is 4.38. The molecule has 0 saturated heterocycles. The molecule has 15 heavy (non-hydrogen) atoms. The van der Waals surface area contributed by atoms with Gasteiger partial charge in [-0.15, -0.1) is 0 Å². The van der Waals surface area contributed by atoms with Crippen LogP contribution >= 0.6 is 23.4 Å². The van der Waals surface area contributed by atoms with E-state index >= 15 is 0 Å². The molecule has 0 bridgehead atoms. The number of rotatable bonds is 2. The van der Waals surface area contributed by atoms with E-state index in [2.05, 4.69) is 15.0 Å². The van der Waals surface area contributed by atoms with Crippen molar-refractivity contribution in [2.45, 2.75) is 10.1 Å². The van der Waals surface area contributed by atoms with Gasteiger partial charge in [0.25, 0.3) is 0 Å². The second kappa shape index (κ2) is 4.55. The Hall–Kier alpha value is -1.20. The molecule has 0 aliphatic rings. The molecule has 2 aromatic heterocycles. The van der Waals surface area contributed by atoms with Gasteiger partial charge in [-0.25, -0.2) is 19.3 Å². The van der Waals surface area contributed by atoms with Gasteiger partial charge in [0.05, 0.1) is 5.02 Å². The average molecular weight is 242 g/mol. The zero-order valence-corrected chi connectivity index (χ0v) is 8.96. The Kier molecular flexibility index (Phi) is 3.13. The van der Waals surface area contributed by atoms with Crippen molar-refractivity contribution in [3.8, 4) is 0 Å². The lowest BCUT2D eigenvalue weighted by atomic mass is 10.5. The Morgan fingerprint density at radius 2 is 2.20 bits per heavy atom. The molecule has 0 aliphatic carbocycles. The second-order valence-corrected chi connectivity index (χ2v) is 4.04. The first-order chi connectivity index (χ1) is 7.25. The highest BCUT2D eigenvalue weighted by atomic mass is 35.5. The highest BCUT2D eigenvalue weighted by Crippen LogP contribution is 2.26. The summed E-state index contributed by atoms with van der Waals surface area (Å²) >= 11 is 6.71. The third-order valence-corrected chi connectivity index (χ3v) is 2.68. The van der Waals surface area contributed by atoms with Crippen LogP contribution in [0.4, 0.5) is 4.39 Å². The van der Waals surface area contributed by atoms with Gasteiger partial charge >= 0.3 is 0 Å². The van der Waals surface area contributed by atoms with Crippen LogP contribution in [0.15, 0.2) is 40.9 Å². The maximum atomic E-state index is 13.3. The fraction of sp³-hybridized carbons (Fsp3) is 0. The van der Waals surface area contributed by atoms with Crippen LogP contribution in [0.2, 0.25) is 5.02 Å². The lowest BCUT2D eigenvalue weighted by molar-refractivity contribution is 0.588. The van der Waals surface area contributed by atoms with Gasteiger partial charge in [0.1, 0.15) is 16.4 Å². The van der Waals surface area contributed by atoms with Crippen LogP contribution in [0.1, 0.15) is 0 Å². The number of hydrogen-bond acceptors (Lipinski definition) is 4. The Bertz CT molecular complexity index is 466. The van der Waals surface area contributed by atoms with Gasteiger partial charge in [-0.3, -0.25) is 0 Å². The molecule has 0 unspecified atom stereocenters. The van der Waals surface area contributed by atoms with Crippen molar-refractivity contribution in [1.82, 2.24) is 15.0 Å². The molecular weight excluding hydrogens is 237 g/mol. The molecule has 2 heterocycles. The Labute approximate surface area is 94.7 Å². The molecule has 0 aliphatic heterocycles. The van der Waals surface area contributed by atoms with E-state index in [9.17, 15) is 4.39 Å². The van der Waals surface area contributed by atoms with Crippen LogP contribution < -0.4 is 0 Å². The maximum Gasteiger partial charge on any atom is 0.157 e. The maximum absolute atomic E-state index is 13.3. The summed E-state index contributed by atoms with van der Waals surface area (Å²) in [5, 5.41) is 1.16. The predicted molar refractivity (Wildman–Crippen MR) is 55.4 cm³/mol. The van der Waals surface area contributed by atoms with Gasteiger partial charge in [0.15, 0.2) is 5.82 Å². The minimum absolute atomic E-state index is 0.248. The van der Waals surface area contributed by atoms with E-state index in [0.717, 1.165) is 11.8 Å². The van der Waals surface area contributed by atoms with Crippen molar-refractivity contribution in [1.29, 1.82) is 0 Å². The number of nitrogens with zero attached hydrogens (tertiary/aromatic N) is 3. The minimum atomic E-state index is -0.453. The SMILES string of the molecule is Fc1cc(Cl)cnc1Sc1ccncn1. The monoisotopic (exact) mass is 241 g/mol. The molecule has 2 rings (SSSR count). The molecule has 2 aromatic rings. The number of aromatic nitrogens is 3. The molecule has 0 spiro atoms. The normalized spacial score (nSPS) is 10.3. The summed E-state index contributed by atoms with van der Waals surface area (Å²) in [5.74, 6) is -0.453. The molecule has 0 aromatic carbocycles. The van der Waals surface area contributed by atoms with E-state index in [-0.39, 0.29) is 10.0 Å². The minimum Gasteiger partial charge on any atom is -0.245 e. The predicted octanol–water partition coefficient (Wildman–Crippen LogP) is 2.82. The van der Waals surface area contributed by atoms with Gasteiger partial charge < -0.3 is 0 Å². The second-order valence-electron chi connectivity index (χ2n) is 2.59. The first-order valence-electron chi connectivity index (χ1n) is 4.00. The quantitative estimate of drug-likeness (QED) is 0.758. The Balaban J connectivity index is 2.25. The van der Waals surface area contributed by atoms with Gasteiger partial charge in [-0.05, 0) is 23.9 Å². The zero-order valence-electron chi connectivity index (χ0n) is 7.39. The fourth-order valence-corrected chi connectivity index (χ4v) is 1.75. The van der Waals surface area contributed by atoms with Gasteiger partial charge in [0.2, 0.25) is 0 Å². The van der Waals surface area contributed by atoms with Crippen molar-refractivity contribution >= 4 is 23.4 Å². The van der Waals surface area contributed by atoms with Crippen molar-refractivity contribution in [2.75, 3.05) is 0 Å². The van der Waals surface area contributed by atoms with Gasteiger partial charge in [-0.1, -0.05) is 11.6 Å². The van der Waals surface area contributed by atoms with Gasteiger partial charge in [0, 0.05) is 12.4 Å². The summed E-state index contributed by atoms with van der Waals surface area (Å²) in [5.41, 5.74) is 0. The first-order valence-corrected chi connectivity index (χ1v) is 5.20. The van der Waals surface area contributed by atoms with Crippen LogP contribution in [-0.2, 0) is 0 Å². The first kappa shape index (κ1) is 10.3. The average Bonchev–Trinajstić information content (AvgIpc) is 2.24. The van der Waals surface area contributed by atoms with E-state index in [1.54, 1.807) is 12.3 Å². The smallest absolute Gasteiger partial charge is 0.157 e. The molecule has 0 fully saturated rings. The van der Waals surface area contributed by atoms with Crippen molar-refractivity contribution < 1.29 is 4.39 Å².